The first-order chi connectivity index (χ1) is 10.5. The molecule has 1 aromatic carbocycles. The van der Waals surface area contributed by atoms with Gasteiger partial charge in [-0.15, -0.1) is 0 Å². The van der Waals surface area contributed by atoms with Gasteiger partial charge in [-0.25, -0.2) is 4.90 Å². The predicted octanol–water partition coefficient (Wildman–Crippen LogP) is 1.35. The molecule has 2 saturated heterocycles. The topological polar surface area (TPSA) is 89.8 Å². The number of nitro groups is 1. The molecule has 2 amide bonds. The molecule has 3 aliphatic heterocycles. The van der Waals surface area contributed by atoms with Crippen LogP contribution in [0, 0.1) is 28.9 Å². The summed E-state index contributed by atoms with van der Waals surface area (Å²) in [6.07, 6.45) is 2.76. The fourth-order valence-electron chi connectivity index (χ4n) is 3.51. The first kappa shape index (κ1) is 13.1. The van der Waals surface area contributed by atoms with Crippen LogP contribution in [0.25, 0.3) is 0 Å². The number of hydrogen-bond donors (Lipinski definition) is 0. The summed E-state index contributed by atoms with van der Waals surface area (Å²) in [6.45, 7) is 1.72. The van der Waals surface area contributed by atoms with E-state index < -0.39 is 40.8 Å². The Labute approximate surface area is 125 Å². The lowest BCUT2D eigenvalue weighted by Crippen LogP contribution is -2.34. The molecule has 0 N–H and O–H groups in total. The minimum absolute atomic E-state index is 0.0411. The molecule has 0 unspecified atom stereocenters. The zero-order valence-electron chi connectivity index (χ0n) is 11.6. The van der Waals surface area contributed by atoms with Gasteiger partial charge in [-0.2, -0.15) is 0 Å². The van der Waals surface area contributed by atoms with Crippen molar-refractivity contribution in [2.45, 2.75) is 19.1 Å². The molecule has 0 radical (unpaired) electrons. The van der Waals surface area contributed by atoms with Crippen molar-refractivity contribution in [3.05, 3.63) is 46.0 Å². The molecule has 0 aromatic heterocycles. The summed E-state index contributed by atoms with van der Waals surface area (Å²) in [7, 11) is 0. The van der Waals surface area contributed by atoms with E-state index in [1.54, 1.807) is 25.1 Å². The van der Waals surface area contributed by atoms with E-state index in [2.05, 4.69) is 0 Å². The zero-order valence-corrected chi connectivity index (χ0v) is 11.6. The summed E-state index contributed by atoms with van der Waals surface area (Å²) in [5, 5.41) is 11.3. The van der Waals surface area contributed by atoms with E-state index in [9.17, 15) is 19.7 Å². The van der Waals surface area contributed by atoms with Crippen LogP contribution < -0.4 is 4.90 Å². The molecule has 0 aliphatic carbocycles. The largest absolute Gasteiger partial charge is 0.365 e. The van der Waals surface area contributed by atoms with Crippen molar-refractivity contribution in [2.75, 3.05) is 4.90 Å². The number of nitro benzene ring substituents is 1. The highest BCUT2D eigenvalue weighted by Gasteiger charge is 2.61. The molecule has 4 rings (SSSR count). The Hall–Kier alpha value is -2.54. The number of carbonyl (C=O) groups excluding carboxylic acids is 2. The van der Waals surface area contributed by atoms with E-state index in [1.165, 1.54) is 12.1 Å². The normalized spacial score (nSPS) is 32.0. The molecule has 22 heavy (non-hydrogen) atoms. The molecule has 3 aliphatic rings. The lowest BCUT2D eigenvalue weighted by Gasteiger charge is -2.17. The van der Waals surface area contributed by atoms with Gasteiger partial charge in [0.1, 0.15) is 5.69 Å². The maximum atomic E-state index is 12.6. The fraction of sp³-hybridized carbons (Fsp3) is 0.333. The first-order valence-electron chi connectivity index (χ1n) is 6.95. The Kier molecular flexibility index (Phi) is 2.53. The molecule has 0 saturated carbocycles. The van der Waals surface area contributed by atoms with E-state index in [-0.39, 0.29) is 11.4 Å². The van der Waals surface area contributed by atoms with Gasteiger partial charge in [-0.1, -0.05) is 18.2 Å². The minimum atomic E-state index is -0.569. The predicted molar refractivity (Wildman–Crippen MR) is 75.1 cm³/mol. The molecule has 7 nitrogen and oxygen atoms in total. The summed E-state index contributed by atoms with van der Waals surface area (Å²) in [5.74, 6) is -1.97. The Morgan fingerprint density at radius 1 is 1.14 bits per heavy atom. The quantitative estimate of drug-likeness (QED) is 0.356. The van der Waals surface area contributed by atoms with Gasteiger partial charge in [0.05, 0.1) is 29.0 Å². The number of fused-ring (bicyclic) bond motifs is 5. The third kappa shape index (κ3) is 1.54. The Morgan fingerprint density at radius 3 is 2.27 bits per heavy atom. The second kappa shape index (κ2) is 4.23. The molecule has 2 bridgehead atoms. The van der Waals surface area contributed by atoms with Crippen LogP contribution in [0.15, 0.2) is 30.4 Å². The van der Waals surface area contributed by atoms with E-state index >= 15 is 0 Å². The third-order valence-corrected chi connectivity index (χ3v) is 4.48. The van der Waals surface area contributed by atoms with Crippen LogP contribution in [0.2, 0.25) is 0 Å². The SMILES string of the molecule is Cc1ccc(N2C(=O)[C@H]3[C@H](C2=O)[C@H]2C=C[C@H]3O2)c([N+](=O)[O-])c1. The molecule has 112 valence electrons. The lowest BCUT2D eigenvalue weighted by atomic mass is 9.85. The molecular weight excluding hydrogens is 288 g/mol. The number of ether oxygens (including phenoxy) is 1. The van der Waals surface area contributed by atoms with E-state index in [0.29, 0.717) is 5.56 Å². The van der Waals surface area contributed by atoms with Crippen molar-refractivity contribution in [3.8, 4) is 0 Å². The molecule has 1 aromatic rings. The monoisotopic (exact) mass is 300 g/mol. The van der Waals surface area contributed by atoms with Crippen LogP contribution in [0.3, 0.4) is 0 Å². The van der Waals surface area contributed by atoms with Crippen molar-refractivity contribution in [1.82, 2.24) is 0 Å². The van der Waals surface area contributed by atoms with Crippen LogP contribution in [0.4, 0.5) is 11.4 Å². The number of aryl methyl sites for hydroxylation is 1. The second-order valence-electron chi connectivity index (χ2n) is 5.76. The highest BCUT2D eigenvalue weighted by atomic mass is 16.6. The van der Waals surface area contributed by atoms with Crippen molar-refractivity contribution in [1.29, 1.82) is 0 Å². The highest BCUT2D eigenvalue weighted by molar-refractivity contribution is 6.24. The molecule has 0 spiro atoms. The molecule has 7 heteroatoms. The van der Waals surface area contributed by atoms with Crippen LogP contribution >= 0.6 is 0 Å². The Balaban J connectivity index is 1.81. The summed E-state index contributed by atoms with van der Waals surface area (Å²) in [5.41, 5.74) is 0.502. The number of hydrogen-bond acceptors (Lipinski definition) is 5. The average Bonchev–Trinajstić information content (AvgIpc) is 3.14. The minimum Gasteiger partial charge on any atom is -0.365 e. The van der Waals surface area contributed by atoms with Gasteiger partial charge in [-0.3, -0.25) is 19.7 Å². The van der Waals surface area contributed by atoms with Crippen LogP contribution in [0.5, 0.6) is 0 Å². The Bertz CT molecular complexity index is 726. The van der Waals surface area contributed by atoms with Gasteiger partial charge >= 0.3 is 0 Å². The summed E-state index contributed by atoms with van der Waals surface area (Å²) in [4.78, 5) is 36.9. The van der Waals surface area contributed by atoms with Gasteiger partial charge in [0, 0.05) is 6.07 Å². The van der Waals surface area contributed by atoms with Crippen LogP contribution in [-0.4, -0.2) is 28.9 Å². The van der Waals surface area contributed by atoms with Gasteiger partial charge in [0.15, 0.2) is 0 Å². The number of rotatable bonds is 2. The number of anilines is 1. The number of amides is 2. The third-order valence-electron chi connectivity index (χ3n) is 4.48. The number of nitrogens with zero attached hydrogens (tertiary/aromatic N) is 2. The number of imide groups is 1. The van der Waals surface area contributed by atoms with E-state index in [1.807, 2.05) is 0 Å². The lowest BCUT2D eigenvalue weighted by molar-refractivity contribution is -0.384. The second-order valence-corrected chi connectivity index (χ2v) is 5.76. The molecule has 4 atom stereocenters. The molecular formula is C15H12N2O5. The first-order valence-corrected chi connectivity index (χ1v) is 6.95. The average molecular weight is 300 g/mol. The molecule has 3 heterocycles. The maximum absolute atomic E-state index is 12.6. The number of benzene rings is 1. The van der Waals surface area contributed by atoms with Crippen LogP contribution in [-0.2, 0) is 14.3 Å². The number of carbonyl (C=O) groups is 2. The van der Waals surface area contributed by atoms with Gasteiger partial charge in [-0.05, 0) is 18.6 Å². The van der Waals surface area contributed by atoms with Crippen molar-refractivity contribution in [2.24, 2.45) is 11.8 Å². The summed E-state index contributed by atoms with van der Waals surface area (Å²) < 4.78 is 5.55. The highest BCUT2D eigenvalue weighted by Crippen LogP contribution is 2.47. The van der Waals surface area contributed by atoms with Crippen LogP contribution in [0.1, 0.15) is 5.56 Å². The summed E-state index contributed by atoms with van der Waals surface area (Å²) >= 11 is 0. The van der Waals surface area contributed by atoms with Crippen molar-refractivity contribution < 1.29 is 19.2 Å². The van der Waals surface area contributed by atoms with Gasteiger partial charge < -0.3 is 4.74 Å². The van der Waals surface area contributed by atoms with Gasteiger partial charge in [0.2, 0.25) is 11.8 Å². The smallest absolute Gasteiger partial charge is 0.293 e. The Morgan fingerprint density at radius 2 is 1.73 bits per heavy atom. The molecule has 2 fully saturated rings. The van der Waals surface area contributed by atoms with E-state index in [0.717, 1.165) is 4.90 Å². The van der Waals surface area contributed by atoms with Crippen molar-refractivity contribution >= 4 is 23.2 Å². The zero-order chi connectivity index (χ0) is 15.6. The standard InChI is InChI=1S/C15H12N2O5/c1-7-2-3-8(9(6-7)17(20)21)16-14(18)12-10-4-5-11(22-10)13(12)15(16)19/h2-6,10-13H,1H3/t10-,11-,12-,13-/m1/s1. The van der Waals surface area contributed by atoms with Crippen molar-refractivity contribution in [3.63, 3.8) is 0 Å². The van der Waals surface area contributed by atoms with E-state index in [4.69, 9.17) is 4.74 Å². The summed E-state index contributed by atoms with van der Waals surface area (Å²) in [6, 6.07) is 4.48. The maximum Gasteiger partial charge on any atom is 0.293 e. The van der Waals surface area contributed by atoms with Gasteiger partial charge in [0.25, 0.3) is 5.69 Å². The fourth-order valence-corrected chi connectivity index (χ4v) is 3.51.